The van der Waals surface area contributed by atoms with Crippen LogP contribution in [0.25, 0.3) is 0 Å². The van der Waals surface area contributed by atoms with Gasteiger partial charge in [0.15, 0.2) is 0 Å². The van der Waals surface area contributed by atoms with Crippen molar-refractivity contribution in [3.8, 4) is 11.5 Å². The summed E-state index contributed by atoms with van der Waals surface area (Å²) in [5.41, 5.74) is 1.35. The number of hydrogen-bond acceptors (Lipinski definition) is 6. The third-order valence-electron chi connectivity index (χ3n) is 10.1. The monoisotopic (exact) mass is 603 g/mol. The van der Waals surface area contributed by atoms with Gasteiger partial charge in [-0.2, -0.15) is 0 Å². The van der Waals surface area contributed by atoms with E-state index in [9.17, 15) is 9.59 Å². The fourth-order valence-corrected chi connectivity index (χ4v) is 7.35. The van der Waals surface area contributed by atoms with E-state index in [1.807, 2.05) is 58.3 Å². The summed E-state index contributed by atoms with van der Waals surface area (Å²) < 4.78 is 18.6. The SMILES string of the molecule is O=C(c1cccc(OCCN2CCCCC2)c1)N1CCC2(CCCCOC[C@@H]3CCCN3C(=O)c3cccc(c3)OC2)CC1. The van der Waals surface area contributed by atoms with Crippen molar-refractivity contribution >= 4 is 11.8 Å². The molecule has 0 aromatic heterocycles. The van der Waals surface area contributed by atoms with E-state index in [1.165, 1.54) is 19.3 Å². The quantitative estimate of drug-likeness (QED) is 0.440. The van der Waals surface area contributed by atoms with Gasteiger partial charge in [-0.05, 0) is 101 Å². The molecule has 4 aliphatic rings. The molecule has 4 heterocycles. The Kier molecular flexibility index (Phi) is 10.4. The maximum Gasteiger partial charge on any atom is 0.254 e. The van der Waals surface area contributed by atoms with E-state index in [4.69, 9.17) is 14.2 Å². The highest BCUT2D eigenvalue weighted by molar-refractivity contribution is 5.95. The van der Waals surface area contributed by atoms with Crippen LogP contribution in [0.5, 0.6) is 11.5 Å². The van der Waals surface area contributed by atoms with Gasteiger partial charge < -0.3 is 24.0 Å². The summed E-state index contributed by atoms with van der Waals surface area (Å²) in [4.78, 5) is 33.3. The first-order chi connectivity index (χ1) is 21.6. The van der Waals surface area contributed by atoms with Crippen LogP contribution in [-0.4, -0.2) is 98.3 Å². The minimum absolute atomic E-state index is 0.0175. The molecule has 2 bridgehead atoms. The van der Waals surface area contributed by atoms with Crippen molar-refractivity contribution in [2.24, 2.45) is 5.41 Å². The van der Waals surface area contributed by atoms with Gasteiger partial charge in [0.05, 0.1) is 19.3 Å². The molecule has 0 N–H and O–H groups in total. The van der Waals surface area contributed by atoms with Crippen LogP contribution >= 0.6 is 0 Å². The van der Waals surface area contributed by atoms with Gasteiger partial charge in [-0.1, -0.05) is 25.0 Å². The molecule has 0 radical (unpaired) electrons. The van der Waals surface area contributed by atoms with Crippen molar-refractivity contribution in [1.82, 2.24) is 14.7 Å². The van der Waals surface area contributed by atoms with E-state index in [0.29, 0.717) is 50.6 Å². The van der Waals surface area contributed by atoms with E-state index >= 15 is 0 Å². The van der Waals surface area contributed by atoms with E-state index in [-0.39, 0.29) is 23.3 Å². The van der Waals surface area contributed by atoms with Crippen LogP contribution in [-0.2, 0) is 4.74 Å². The molecule has 3 saturated heterocycles. The zero-order valence-corrected chi connectivity index (χ0v) is 26.2. The number of nitrogens with zero attached hydrogens (tertiary/aromatic N) is 3. The van der Waals surface area contributed by atoms with E-state index in [2.05, 4.69) is 4.90 Å². The van der Waals surface area contributed by atoms with Crippen molar-refractivity contribution in [1.29, 1.82) is 0 Å². The number of fused-ring (bicyclic) bond motifs is 3. The van der Waals surface area contributed by atoms with Crippen LogP contribution in [0.15, 0.2) is 48.5 Å². The molecule has 2 aromatic carbocycles. The Labute approximate surface area is 262 Å². The second-order valence-corrected chi connectivity index (χ2v) is 13.2. The fourth-order valence-electron chi connectivity index (χ4n) is 7.35. The largest absolute Gasteiger partial charge is 0.493 e. The molecule has 2 aromatic rings. The zero-order chi connectivity index (χ0) is 30.2. The average Bonchev–Trinajstić information content (AvgIpc) is 3.54. The summed E-state index contributed by atoms with van der Waals surface area (Å²) in [6, 6.07) is 15.5. The number of amides is 2. The number of piperidine rings is 2. The van der Waals surface area contributed by atoms with Crippen molar-refractivity contribution in [3.63, 3.8) is 0 Å². The molecule has 8 nitrogen and oxygen atoms in total. The molecule has 4 aliphatic heterocycles. The molecule has 0 unspecified atom stereocenters. The van der Waals surface area contributed by atoms with Crippen LogP contribution in [0.4, 0.5) is 0 Å². The van der Waals surface area contributed by atoms with Crippen LogP contribution < -0.4 is 9.47 Å². The minimum Gasteiger partial charge on any atom is -0.493 e. The topological polar surface area (TPSA) is 71.6 Å². The Morgan fingerprint density at radius 1 is 0.886 bits per heavy atom. The number of rotatable bonds is 5. The summed E-state index contributed by atoms with van der Waals surface area (Å²) >= 11 is 0. The van der Waals surface area contributed by atoms with E-state index in [0.717, 1.165) is 82.6 Å². The maximum atomic E-state index is 13.6. The molecule has 44 heavy (non-hydrogen) atoms. The summed E-state index contributed by atoms with van der Waals surface area (Å²) in [6.45, 7) is 7.98. The molecule has 3 fully saturated rings. The molecular weight excluding hydrogens is 554 g/mol. The van der Waals surface area contributed by atoms with Crippen LogP contribution in [0.1, 0.15) is 84.9 Å². The standard InChI is InChI=1S/C36H49N3O5/c40-34(29-9-6-12-32(25-29)43-24-22-37-17-3-1-4-18-37)38-20-15-36(16-21-38)14-2-5-23-42-27-31-11-8-19-39(31)35(41)30-10-7-13-33(26-30)44-28-36/h6-7,9-10,12-13,25-26,31H,1-5,8,11,14-24,27-28H2/t31-/m0/s1. The lowest BCUT2D eigenvalue weighted by atomic mass is 9.75. The third-order valence-corrected chi connectivity index (χ3v) is 10.1. The molecular formula is C36H49N3O5. The zero-order valence-electron chi connectivity index (χ0n) is 26.2. The number of benzene rings is 2. The Bertz CT molecular complexity index is 1250. The van der Waals surface area contributed by atoms with Crippen molar-refractivity contribution in [2.75, 3.05) is 65.7 Å². The van der Waals surface area contributed by atoms with Gasteiger partial charge in [0.1, 0.15) is 18.1 Å². The lowest BCUT2D eigenvalue weighted by Gasteiger charge is -2.42. The average molecular weight is 604 g/mol. The Hall–Kier alpha value is -3.10. The Balaban J connectivity index is 1.07. The van der Waals surface area contributed by atoms with Crippen LogP contribution in [0.2, 0.25) is 0 Å². The first kappa shape index (κ1) is 30.9. The fraction of sp³-hybridized carbons (Fsp3) is 0.611. The molecule has 2 amide bonds. The van der Waals surface area contributed by atoms with Gasteiger partial charge in [0.25, 0.3) is 11.8 Å². The number of likely N-dealkylation sites (tertiary alicyclic amines) is 2. The van der Waals surface area contributed by atoms with Crippen LogP contribution in [0, 0.1) is 5.41 Å². The smallest absolute Gasteiger partial charge is 0.254 e. The summed E-state index contributed by atoms with van der Waals surface area (Å²) in [5, 5.41) is 0. The van der Waals surface area contributed by atoms with Crippen molar-refractivity contribution in [2.45, 2.75) is 70.3 Å². The van der Waals surface area contributed by atoms with Crippen LogP contribution in [0.3, 0.4) is 0 Å². The molecule has 0 aliphatic carbocycles. The highest BCUT2D eigenvalue weighted by Crippen LogP contribution is 2.38. The van der Waals surface area contributed by atoms with Gasteiger partial charge in [-0.3, -0.25) is 14.5 Å². The first-order valence-electron chi connectivity index (χ1n) is 16.9. The number of ether oxygens (including phenoxy) is 3. The molecule has 8 heteroatoms. The molecule has 238 valence electrons. The summed E-state index contributed by atoms with van der Waals surface area (Å²) in [5.74, 6) is 1.64. The second-order valence-electron chi connectivity index (χ2n) is 13.2. The highest BCUT2D eigenvalue weighted by Gasteiger charge is 2.37. The second kappa shape index (κ2) is 14.8. The van der Waals surface area contributed by atoms with Gasteiger partial charge in [0.2, 0.25) is 0 Å². The Morgan fingerprint density at radius 3 is 2.59 bits per heavy atom. The normalized spacial score (nSPS) is 23.4. The minimum atomic E-state index is -0.0175. The van der Waals surface area contributed by atoms with E-state index < -0.39 is 0 Å². The number of hydrogen-bond donors (Lipinski definition) is 0. The molecule has 1 spiro atoms. The van der Waals surface area contributed by atoms with Gasteiger partial charge >= 0.3 is 0 Å². The summed E-state index contributed by atoms with van der Waals surface area (Å²) in [7, 11) is 0. The van der Waals surface area contributed by atoms with Gasteiger partial charge in [0, 0.05) is 49.3 Å². The molecule has 1 atom stereocenters. The van der Waals surface area contributed by atoms with E-state index in [1.54, 1.807) is 0 Å². The predicted octanol–water partition coefficient (Wildman–Crippen LogP) is 5.66. The highest BCUT2D eigenvalue weighted by atomic mass is 16.5. The van der Waals surface area contributed by atoms with Gasteiger partial charge in [-0.15, -0.1) is 0 Å². The molecule has 0 saturated carbocycles. The number of carbonyl (C=O) groups is 2. The Morgan fingerprint density at radius 2 is 1.73 bits per heavy atom. The molecule has 6 rings (SSSR count). The van der Waals surface area contributed by atoms with Gasteiger partial charge in [-0.25, -0.2) is 0 Å². The number of carbonyl (C=O) groups excluding carboxylic acids is 2. The lowest BCUT2D eigenvalue weighted by Crippen LogP contribution is -2.45. The maximum absolute atomic E-state index is 13.6. The summed E-state index contributed by atoms with van der Waals surface area (Å²) in [6.07, 6.45) is 10.8. The lowest BCUT2D eigenvalue weighted by molar-refractivity contribution is 0.0332. The third kappa shape index (κ3) is 7.75. The van der Waals surface area contributed by atoms with Crippen molar-refractivity contribution in [3.05, 3.63) is 59.7 Å². The van der Waals surface area contributed by atoms with Crippen molar-refractivity contribution < 1.29 is 23.8 Å². The first-order valence-corrected chi connectivity index (χ1v) is 16.9. The predicted molar refractivity (Wildman–Crippen MR) is 170 cm³/mol.